The molecule has 0 aliphatic heterocycles. The Bertz CT molecular complexity index is 767. The van der Waals surface area contributed by atoms with Crippen molar-refractivity contribution in [2.45, 2.75) is 31.5 Å². The zero-order chi connectivity index (χ0) is 17.1. The molecule has 124 valence electrons. The maximum Gasteiger partial charge on any atom is 0.254 e. The quantitative estimate of drug-likeness (QED) is 0.902. The smallest absolute Gasteiger partial charge is 0.254 e. The normalized spacial score (nSPS) is 23.4. The lowest BCUT2D eigenvalue weighted by Crippen LogP contribution is -2.27. The second kappa shape index (κ2) is 6.71. The van der Waals surface area contributed by atoms with E-state index in [1.165, 1.54) is 0 Å². The molecule has 1 aromatic carbocycles. The van der Waals surface area contributed by atoms with Crippen LogP contribution in [0.25, 0.3) is 0 Å². The number of para-hydroxylation sites is 1. The van der Waals surface area contributed by atoms with Gasteiger partial charge in [0.2, 0.25) is 0 Å². The molecule has 24 heavy (non-hydrogen) atoms. The van der Waals surface area contributed by atoms with Gasteiger partial charge in [0.15, 0.2) is 5.82 Å². The van der Waals surface area contributed by atoms with Crippen LogP contribution >= 0.6 is 0 Å². The van der Waals surface area contributed by atoms with Gasteiger partial charge in [0.25, 0.3) is 5.91 Å². The van der Waals surface area contributed by atoms with E-state index in [0.29, 0.717) is 18.7 Å². The van der Waals surface area contributed by atoms with Gasteiger partial charge >= 0.3 is 0 Å². The van der Waals surface area contributed by atoms with Gasteiger partial charge in [0.05, 0.1) is 18.0 Å². The molecule has 0 spiro atoms. The Morgan fingerprint density at radius 1 is 1.38 bits per heavy atom. The number of nitriles is 1. The van der Waals surface area contributed by atoms with Gasteiger partial charge in [0.1, 0.15) is 11.7 Å². The molecule has 3 atom stereocenters. The molecule has 1 saturated carbocycles. The van der Waals surface area contributed by atoms with Gasteiger partial charge in [-0.2, -0.15) is 10.4 Å². The molecule has 1 aromatic heterocycles. The molecule has 1 fully saturated rings. The van der Waals surface area contributed by atoms with Crippen LogP contribution in [0.2, 0.25) is 0 Å². The highest BCUT2D eigenvalue weighted by Gasteiger charge is 2.33. The van der Waals surface area contributed by atoms with Crippen LogP contribution in [0.5, 0.6) is 0 Å². The number of hydrogen-bond acceptors (Lipinski definition) is 4. The lowest BCUT2D eigenvalue weighted by Gasteiger charge is -2.29. The third-order valence-corrected chi connectivity index (χ3v) is 4.29. The second-order valence-corrected chi connectivity index (χ2v) is 5.94. The topological polar surface area (TPSA) is 96.7 Å². The molecular weight excluding hydrogens is 309 g/mol. The fourth-order valence-electron chi connectivity index (χ4n) is 3.05. The minimum atomic E-state index is -0.959. The summed E-state index contributed by atoms with van der Waals surface area (Å²) in [5.74, 6) is -0.737. The summed E-state index contributed by atoms with van der Waals surface area (Å²) in [7, 11) is 0. The van der Waals surface area contributed by atoms with E-state index >= 15 is 0 Å². The number of nitrogens with two attached hydrogens (primary N) is 1. The summed E-state index contributed by atoms with van der Waals surface area (Å²) in [6.07, 6.45) is 1.66. The molecule has 0 radical (unpaired) electrons. The number of aromatic nitrogens is 2. The van der Waals surface area contributed by atoms with E-state index in [4.69, 9.17) is 5.73 Å². The maximum atomic E-state index is 13.5. The summed E-state index contributed by atoms with van der Waals surface area (Å²) in [5, 5.41) is 16.8. The molecule has 1 amide bonds. The molecule has 0 saturated heterocycles. The van der Waals surface area contributed by atoms with E-state index in [0.717, 1.165) is 5.69 Å². The van der Waals surface area contributed by atoms with Gasteiger partial charge in [-0.3, -0.25) is 9.48 Å². The number of hydrogen-bond donors (Lipinski definition) is 2. The number of nitrogens with zero attached hydrogens (tertiary/aromatic N) is 3. The first kappa shape index (κ1) is 16.0. The third-order valence-electron chi connectivity index (χ3n) is 4.29. The number of carbonyl (C=O) groups excluding carboxylic acids is 1. The van der Waals surface area contributed by atoms with Crippen molar-refractivity contribution < 1.29 is 9.18 Å². The molecule has 1 heterocycles. The standard InChI is InChI=1S/C17H18FN5O/c18-12-6-7-15(11(8-12)9-19)23-10-14(16(20)24)17(22-23)21-13-4-2-1-3-5-13/h1-5,10-12,15H,6-8H2,(H2,20,24)(H,21,22)/t11?,12?,15-/m0/s1. The Balaban J connectivity index is 1.91. The number of halogens is 1. The zero-order valence-corrected chi connectivity index (χ0v) is 13.0. The number of primary amides is 1. The van der Waals surface area contributed by atoms with Crippen molar-refractivity contribution in [1.82, 2.24) is 9.78 Å². The Kier molecular flexibility index (Phi) is 4.47. The lowest BCUT2D eigenvalue weighted by molar-refractivity contribution is 0.100. The number of anilines is 2. The van der Waals surface area contributed by atoms with E-state index in [2.05, 4.69) is 16.5 Å². The molecule has 1 aliphatic carbocycles. The number of benzene rings is 1. The van der Waals surface area contributed by atoms with E-state index in [1.54, 1.807) is 10.9 Å². The highest BCUT2D eigenvalue weighted by Crippen LogP contribution is 2.35. The number of rotatable bonds is 4. The van der Waals surface area contributed by atoms with Gasteiger partial charge in [-0.15, -0.1) is 0 Å². The van der Waals surface area contributed by atoms with E-state index < -0.39 is 18.0 Å². The molecule has 6 nitrogen and oxygen atoms in total. The van der Waals surface area contributed by atoms with Crippen LogP contribution in [-0.4, -0.2) is 21.9 Å². The highest BCUT2D eigenvalue weighted by atomic mass is 19.1. The molecule has 3 rings (SSSR count). The number of carbonyl (C=O) groups is 1. The molecule has 3 N–H and O–H groups in total. The lowest BCUT2D eigenvalue weighted by atomic mass is 9.84. The summed E-state index contributed by atoms with van der Waals surface area (Å²) in [5.41, 5.74) is 6.46. The van der Waals surface area contributed by atoms with Crippen LogP contribution in [-0.2, 0) is 0 Å². The number of nitrogens with one attached hydrogen (secondary N) is 1. The van der Waals surface area contributed by atoms with E-state index in [9.17, 15) is 14.4 Å². The summed E-state index contributed by atoms with van der Waals surface area (Å²) in [4.78, 5) is 11.7. The maximum absolute atomic E-state index is 13.5. The van der Waals surface area contributed by atoms with Crippen molar-refractivity contribution in [3.63, 3.8) is 0 Å². The third kappa shape index (κ3) is 3.23. The highest BCUT2D eigenvalue weighted by molar-refractivity contribution is 5.98. The molecule has 0 bridgehead atoms. The first-order valence-electron chi connectivity index (χ1n) is 7.83. The van der Waals surface area contributed by atoms with Crippen molar-refractivity contribution >= 4 is 17.4 Å². The minimum absolute atomic E-state index is 0.189. The van der Waals surface area contributed by atoms with Crippen LogP contribution < -0.4 is 11.1 Å². The van der Waals surface area contributed by atoms with Crippen LogP contribution in [0.15, 0.2) is 36.5 Å². The van der Waals surface area contributed by atoms with Gasteiger partial charge in [0, 0.05) is 11.9 Å². The largest absolute Gasteiger partial charge is 0.365 e. The van der Waals surface area contributed by atoms with Crippen LogP contribution in [0.3, 0.4) is 0 Å². The SMILES string of the molecule is N#CC1CC(F)CC[C@@H]1n1cc(C(N)=O)c(Nc2ccccc2)n1. The van der Waals surface area contributed by atoms with Crippen molar-refractivity contribution in [2.24, 2.45) is 11.7 Å². The van der Waals surface area contributed by atoms with Gasteiger partial charge < -0.3 is 11.1 Å². The number of alkyl halides is 1. The monoisotopic (exact) mass is 327 g/mol. The predicted molar refractivity (Wildman–Crippen MR) is 87.4 cm³/mol. The summed E-state index contributed by atoms with van der Waals surface area (Å²) >= 11 is 0. The summed E-state index contributed by atoms with van der Waals surface area (Å²) in [6.45, 7) is 0. The number of amides is 1. The average Bonchev–Trinajstić information content (AvgIpc) is 2.99. The molecule has 2 unspecified atom stereocenters. The van der Waals surface area contributed by atoms with Gasteiger partial charge in [-0.05, 0) is 31.4 Å². The Labute approximate surface area is 139 Å². The molecule has 1 aliphatic rings. The predicted octanol–water partition coefficient (Wildman–Crippen LogP) is 2.93. The summed E-state index contributed by atoms with van der Waals surface area (Å²) < 4.78 is 15.1. The van der Waals surface area contributed by atoms with Crippen molar-refractivity contribution in [2.75, 3.05) is 5.32 Å². The Hall–Kier alpha value is -2.88. The van der Waals surface area contributed by atoms with Crippen molar-refractivity contribution in [3.8, 4) is 6.07 Å². The first-order chi connectivity index (χ1) is 11.6. The second-order valence-electron chi connectivity index (χ2n) is 5.94. The van der Waals surface area contributed by atoms with Crippen LogP contribution in [0.4, 0.5) is 15.9 Å². The molecule has 2 aromatic rings. The van der Waals surface area contributed by atoms with E-state index in [-0.39, 0.29) is 18.0 Å². The first-order valence-corrected chi connectivity index (χ1v) is 7.83. The Morgan fingerprint density at radius 3 is 2.79 bits per heavy atom. The van der Waals surface area contributed by atoms with Gasteiger partial charge in [-0.1, -0.05) is 18.2 Å². The van der Waals surface area contributed by atoms with Crippen molar-refractivity contribution in [1.29, 1.82) is 5.26 Å². The minimum Gasteiger partial charge on any atom is -0.365 e. The van der Waals surface area contributed by atoms with E-state index in [1.807, 2.05) is 30.3 Å². The Morgan fingerprint density at radius 2 is 2.12 bits per heavy atom. The summed E-state index contributed by atoms with van der Waals surface area (Å²) in [6, 6.07) is 11.2. The van der Waals surface area contributed by atoms with Gasteiger partial charge in [-0.25, -0.2) is 4.39 Å². The fourth-order valence-corrected chi connectivity index (χ4v) is 3.05. The van der Waals surface area contributed by atoms with Crippen LogP contribution in [0.1, 0.15) is 35.7 Å². The molecular formula is C17H18FN5O. The van der Waals surface area contributed by atoms with Crippen molar-refractivity contribution in [3.05, 3.63) is 42.1 Å². The average molecular weight is 327 g/mol. The van der Waals surface area contributed by atoms with Crippen LogP contribution in [0, 0.1) is 17.2 Å². The molecule has 7 heteroatoms. The fraction of sp³-hybridized carbons (Fsp3) is 0.353. The zero-order valence-electron chi connectivity index (χ0n) is 13.0.